The Morgan fingerprint density at radius 2 is 1.94 bits per heavy atom. The van der Waals surface area contributed by atoms with Gasteiger partial charge in [-0.25, -0.2) is 0 Å². The van der Waals surface area contributed by atoms with Crippen LogP contribution >= 0.6 is 0 Å². The van der Waals surface area contributed by atoms with E-state index in [-0.39, 0.29) is 0 Å². The van der Waals surface area contributed by atoms with Gasteiger partial charge in [-0.2, -0.15) is 0 Å². The number of furan rings is 1. The molecule has 1 atom stereocenters. The molecule has 0 amide bonds. The van der Waals surface area contributed by atoms with Gasteiger partial charge in [-0.1, -0.05) is 24.3 Å². The number of rotatable bonds is 3. The van der Waals surface area contributed by atoms with Crippen LogP contribution in [-0.4, -0.2) is 11.1 Å². The summed E-state index contributed by atoms with van der Waals surface area (Å²) >= 11 is 0. The average Bonchev–Trinajstić information content (AvgIpc) is 2.81. The molecule has 4 nitrogen and oxygen atoms in total. The van der Waals surface area contributed by atoms with E-state index in [2.05, 4.69) is 0 Å². The molecule has 0 bridgehead atoms. The number of benzene rings is 1. The highest BCUT2D eigenvalue weighted by Gasteiger charge is 2.13. The fourth-order valence-corrected chi connectivity index (χ4v) is 1.44. The van der Waals surface area contributed by atoms with Crippen LogP contribution in [-0.2, 0) is 4.79 Å². The highest BCUT2D eigenvalue weighted by molar-refractivity contribution is 5.75. The minimum Gasteiger partial charge on any atom is -0.480 e. The summed E-state index contributed by atoms with van der Waals surface area (Å²) < 4.78 is 5.22. The number of carboxylic acids is 1. The molecule has 0 radical (unpaired) electrons. The van der Waals surface area contributed by atoms with Crippen molar-refractivity contribution in [1.82, 2.24) is 0 Å². The van der Waals surface area contributed by atoms with Crippen LogP contribution in [0, 0.1) is 0 Å². The molecule has 0 unspecified atom stereocenters. The van der Waals surface area contributed by atoms with Crippen LogP contribution in [0.25, 0.3) is 11.3 Å². The van der Waals surface area contributed by atoms with E-state index in [9.17, 15) is 4.79 Å². The van der Waals surface area contributed by atoms with Crippen LogP contribution in [0.15, 0.2) is 47.1 Å². The largest absolute Gasteiger partial charge is 0.480 e. The Labute approximate surface area is 92.3 Å². The van der Waals surface area contributed by atoms with E-state index < -0.39 is 12.0 Å². The second kappa shape index (κ2) is 4.20. The van der Waals surface area contributed by atoms with Crippen LogP contribution in [0.5, 0.6) is 0 Å². The van der Waals surface area contributed by atoms with Gasteiger partial charge in [-0.15, -0.1) is 0 Å². The second-order valence-corrected chi connectivity index (χ2v) is 3.42. The van der Waals surface area contributed by atoms with Crippen molar-refractivity contribution >= 4 is 5.97 Å². The molecule has 2 rings (SSSR count). The number of carboxylic acid groups (broad SMARTS) is 1. The highest BCUT2D eigenvalue weighted by atomic mass is 16.4. The molecule has 0 spiro atoms. The predicted octanol–water partition coefficient (Wildman–Crippen LogP) is 2.03. The molecule has 0 aliphatic carbocycles. The standard InChI is InChI=1S/C12H11NO3/c13-11(12(14)15)9-5-3-8(4-6-9)10-2-1-7-16-10/h1-7,11H,13H2,(H,14,15)/t11-/m0/s1. The van der Waals surface area contributed by atoms with Gasteiger partial charge >= 0.3 is 5.97 Å². The van der Waals surface area contributed by atoms with Gasteiger partial charge in [0.05, 0.1) is 6.26 Å². The molecule has 4 heteroatoms. The summed E-state index contributed by atoms with van der Waals surface area (Å²) in [6.45, 7) is 0. The Bertz CT molecular complexity index is 473. The molecular weight excluding hydrogens is 206 g/mol. The number of nitrogens with two attached hydrogens (primary N) is 1. The lowest BCUT2D eigenvalue weighted by Crippen LogP contribution is -2.20. The zero-order valence-electron chi connectivity index (χ0n) is 8.46. The van der Waals surface area contributed by atoms with Crippen molar-refractivity contribution in [3.63, 3.8) is 0 Å². The summed E-state index contributed by atoms with van der Waals surface area (Å²) in [5.41, 5.74) is 6.95. The summed E-state index contributed by atoms with van der Waals surface area (Å²) in [6.07, 6.45) is 1.59. The topological polar surface area (TPSA) is 76.5 Å². The maximum absolute atomic E-state index is 10.7. The summed E-state index contributed by atoms with van der Waals surface area (Å²) in [5.74, 6) is -0.291. The van der Waals surface area contributed by atoms with Crippen molar-refractivity contribution < 1.29 is 14.3 Å². The quantitative estimate of drug-likeness (QED) is 0.824. The Balaban J connectivity index is 2.26. The highest BCUT2D eigenvalue weighted by Crippen LogP contribution is 2.21. The van der Waals surface area contributed by atoms with Crippen LogP contribution in [0.1, 0.15) is 11.6 Å². The van der Waals surface area contributed by atoms with Crippen LogP contribution in [0.3, 0.4) is 0 Å². The Morgan fingerprint density at radius 3 is 2.44 bits per heavy atom. The zero-order valence-corrected chi connectivity index (χ0v) is 8.46. The molecule has 16 heavy (non-hydrogen) atoms. The lowest BCUT2D eigenvalue weighted by atomic mass is 10.0. The Hall–Kier alpha value is -2.07. The maximum Gasteiger partial charge on any atom is 0.325 e. The third kappa shape index (κ3) is 1.97. The SMILES string of the molecule is N[C@H](C(=O)O)c1ccc(-c2ccco2)cc1. The fourth-order valence-electron chi connectivity index (χ4n) is 1.44. The molecule has 0 fully saturated rings. The first-order chi connectivity index (χ1) is 7.68. The summed E-state index contributed by atoms with van der Waals surface area (Å²) in [7, 11) is 0. The summed E-state index contributed by atoms with van der Waals surface area (Å²) in [5, 5.41) is 8.75. The number of aliphatic carboxylic acids is 1. The summed E-state index contributed by atoms with van der Waals surface area (Å²) in [4.78, 5) is 10.7. The lowest BCUT2D eigenvalue weighted by molar-refractivity contribution is -0.138. The number of hydrogen-bond donors (Lipinski definition) is 2. The fraction of sp³-hybridized carbons (Fsp3) is 0.0833. The molecular formula is C12H11NO3. The van der Waals surface area contributed by atoms with Gasteiger partial charge in [-0.3, -0.25) is 4.79 Å². The monoisotopic (exact) mass is 217 g/mol. The first kappa shape index (κ1) is 10.4. The van der Waals surface area contributed by atoms with Crippen LogP contribution in [0.2, 0.25) is 0 Å². The molecule has 0 saturated carbocycles. The number of carbonyl (C=O) groups is 1. The van der Waals surface area contributed by atoms with Gasteiger partial charge in [0.15, 0.2) is 0 Å². The van der Waals surface area contributed by atoms with E-state index in [0.29, 0.717) is 5.56 Å². The molecule has 0 aliphatic heterocycles. The molecule has 1 aromatic heterocycles. The van der Waals surface area contributed by atoms with Gasteiger partial charge in [-0.05, 0) is 17.7 Å². The van der Waals surface area contributed by atoms with Crippen molar-refractivity contribution in [3.05, 3.63) is 48.2 Å². The third-order valence-corrected chi connectivity index (χ3v) is 2.34. The Kier molecular flexibility index (Phi) is 2.74. The molecule has 0 aliphatic rings. The van der Waals surface area contributed by atoms with Crippen LogP contribution < -0.4 is 5.73 Å². The van der Waals surface area contributed by atoms with Crippen LogP contribution in [0.4, 0.5) is 0 Å². The van der Waals surface area contributed by atoms with Crippen molar-refractivity contribution in [2.75, 3.05) is 0 Å². The van der Waals surface area contributed by atoms with Crippen molar-refractivity contribution in [3.8, 4) is 11.3 Å². The molecule has 1 heterocycles. The molecule has 2 aromatic rings. The van der Waals surface area contributed by atoms with E-state index in [0.717, 1.165) is 11.3 Å². The third-order valence-electron chi connectivity index (χ3n) is 2.34. The van der Waals surface area contributed by atoms with E-state index in [1.807, 2.05) is 6.07 Å². The van der Waals surface area contributed by atoms with Gasteiger partial charge in [0, 0.05) is 5.56 Å². The van der Waals surface area contributed by atoms with Crippen molar-refractivity contribution in [1.29, 1.82) is 0 Å². The maximum atomic E-state index is 10.7. The number of hydrogen-bond acceptors (Lipinski definition) is 3. The zero-order chi connectivity index (χ0) is 11.5. The van der Waals surface area contributed by atoms with E-state index in [1.165, 1.54) is 0 Å². The van der Waals surface area contributed by atoms with E-state index >= 15 is 0 Å². The molecule has 3 N–H and O–H groups in total. The van der Waals surface area contributed by atoms with Gasteiger partial charge in [0.2, 0.25) is 0 Å². The van der Waals surface area contributed by atoms with Gasteiger partial charge in [0.25, 0.3) is 0 Å². The average molecular weight is 217 g/mol. The second-order valence-electron chi connectivity index (χ2n) is 3.42. The van der Waals surface area contributed by atoms with Crippen molar-refractivity contribution in [2.24, 2.45) is 5.73 Å². The smallest absolute Gasteiger partial charge is 0.325 e. The lowest BCUT2D eigenvalue weighted by Gasteiger charge is -2.06. The predicted molar refractivity (Wildman–Crippen MR) is 58.7 cm³/mol. The van der Waals surface area contributed by atoms with E-state index in [4.69, 9.17) is 15.3 Å². The minimum atomic E-state index is -1.04. The normalized spacial score (nSPS) is 12.3. The van der Waals surface area contributed by atoms with E-state index in [1.54, 1.807) is 36.6 Å². The molecule has 1 aromatic carbocycles. The summed E-state index contributed by atoms with van der Waals surface area (Å²) in [6, 6.07) is 9.62. The Morgan fingerprint density at radius 1 is 1.25 bits per heavy atom. The molecule has 82 valence electrons. The van der Waals surface area contributed by atoms with Gasteiger partial charge in [0.1, 0.15) is 11.8 Å². The van der Waals surface area contributed by atoms with Gasteiger partial charge < -0.3 is 15.3 Å². The first-order valence-electron chi connectivity index (χ1n) is 4.80. The van der Waals surface area contributed by atoms with Crippen molar-refractivity contribution in [2.45, 2.75) is 6.04 Å². The first-order valence-corrected chi connectivity index (χ1v) is 4.80. The molecule has 0 saturated heterocycles. The minimum absolute atomic E-state index is 0.572.